The molecule has 1 aromatic carbocycles. The lowest BCUT2D eigenvalue weighted by Gasteiger charge is -2.30. The van der Waals surface area contributed by atoms with Gasteiger partial charge in [-0.3, -0.25) is 0 Å². The molecular weight excluding hydrogens is 242 g/mol. The van der Waals surface area contributed by atoms with Crippen LogP contribution in [0.15, 0.2) is 24.3 Å². The van der Waals surface area contributed by atoms with Crippen molar-refractivity contribution in [2.45, 2.75) is 19.8 Å². The smallest absolute Gasteiger partial charge is 0.409 e. The van der Waals surface area contributed by atoms with Gasteiger partial charge in [0.1, 0.15) is 5.75 Å². The average molecular weight is 263 g/mol. The normalized spacial score (nSPS) is 16.2. The van der Waals surface area contributed by atoms with E-state index in [0.29, 0.717) is 5.92 Å². The van der Waals surface area contributed by atoms with E-state index in [1.165, 1.54) is 12.7 Å². The monoisotopic (exact) mass is 263 g/mol. The fourth-order valence-corrected chi connectivity index (χ4v) is 2.26. The molecule has 0 N–H and O–H groups in total. The number of hydrogen-bond donors (Lipinski definition) is 0. The molecule has 1 fully saturated rings. The molecule has 1 aliphatic heterocycles. The zero-order valence-corrected chi connectivity index (χ0v) is 11.6. The third kappa shape index (κ3) is 3.88. The van der Waals surface area contributed by atoms with Crippen molar-refractivity contribution in [2.75, 3.05) is 26.8 Å². The number of carbonyl (C=O) groups is 1. The number of hydrogen-bond acceptors (Lipinski definition) is 3. The highest BCUT2D eigenvalue weighted by Crippen LogP contribution is 2.20. The van der Waals surface area contributed by atoms with Crippen LogP contribution in [0.4, 0.5) is 4.79 Å². The van der Waals surface area contributed by atoms with Crippen molar-refractivity contribution in [3.8, 4) is 5.75 Å². The molecule has 1 aliphatic rings. The van der Waals surface area contributed by atoms with Gasteiger partial charge in [-0.25, -0.2) is 4.79 Å². The quantitative estimate of drug-likeness (QED) is 0.841. The Kier molecular flexibility index (Phi) is 4.66. The molecule has 4 heteroatoms. The molecule has 104 valence electrons. The van der Waals surface area contributed by atoms with Gasteiger partial charge < -0.3 is 14.4 Å². The maximum Gasteiger partial charge on any atom is 0.409 e. The van der Waals surface area contributed by atoms with Gasteiger partial charge in [0, 0.05) is 13.1 Å². The summed E-state index contributed by atoms with van der Waals surface area (Å²) in [4.78, 5) is 13.1. The Morgan fingerprint density at radius 3 is 2.47 bits per heavy atom. The van der Waals surface area contributed by atoms with E-state index in [-0.39, 0.29) is 6.09 Å². The molecule has 1 amide bonds. The number of nitrogens with zero attached hydrogens (tertiary/aromatic N) is 1. The lowest BCUT2D eigenvalue weighted by Crippen LogP contribution is -2.39. The number of aryl methyl sites for hydroxylation is 1. The van der Waals surface area contributed by atoms with E-state index in [2.05, 4.69) is 19.1 Å². The standard InChI is InChI=1S/C15H21NO3/c1-12-3-5-14(6-4-12)19-11-13-7-9-16(10-8-13)15(17)18-2/h3-6,13H,7-11H2,1-2H3. The van der Waals surface area contributed by atoms with Crippen molar-refractivity contribution in [1.82, 2.24) is 4.90 Å². The van der Waals surface area contributed by atoms with E-state index in [0.717, 1.165) is 38.3 Å². The molecule has 2 rings (SSSR count). The van der Waals surface area contributed by atoms with E-state index in [1.807, 2.05) is 12.1 Å². The Morgan fingerprint density at radius 2 is 1.89 bits per heavy atom. The number of likely N-dealkylation sites (tertiary alicyclic amines) is 1. The summed E-state index contributed by atoms with van der Waals surface area (Å²) in [6.45, 7) is 4.30. The Bertz CT molecular complexity index is 408. The van der Waals surface area contributed by atoms with Crippen LogP contribution < -0.4 is 4.74 Å². The molecule has 0 atom stereocenters. The van der Waals surface area contributed by atoms with Crippen LogP contribution in [-0.2, 0) is 4.74 Å². The lowest BCUT2D eigenvalue weighted by atomic mass is 9.98. The number of benzene rings is 1. The summed E-state index contributed by atoms with van der Waals surface area (Å²) >= 11 is 0. The number of piperidine rings is 1. The molecule has 1 heterocycles. The maximum atomic E-state index is 11.4. The summed E-state index contributed by atoms with van der Waals surface area (Å²) in [5, 5.41) is 0. The van der Waals surface area contributed by atoms with Gasteiger partial charge in [0.25, 0.3) is 0 Å². The van der Waals surface area contributed by atoms with Crippen LogP contribution in [0.1, 0.15) is 18.4 Å². The molecule has 0 unspecified atom stereocenters. The van der Waals surface area contributed by atoms with Crippen molar-refractivity contribution in [1.29, 1.82) is 0 Å². The van der Waals surface area contributed by atoms with Crippen LogP contribution in [0, 0.1) is 12.8 Å². The van der Waals surface area contributed by atoms with E-state index < -0.39 is 0 Å². The van der Waals surface area contributed by atoms with Gasteiger partial charge in [0.05, 0.1) is 13.7 Å². The molecule has 0 aliphatic carbocycles. The Labute approximate surface area is 114 Å². The third-order valence-electron chi connectivity index (χ3n) is 3.55. The summed E-state index contributed by atoms with van der Waals surface area (Å²) in [6, 6.07) is 8.10. The van der Waals surface area contributed by atoms with Crippen LogP contribution in [0.25, 0.3) is 0 Å². The third-order valence-corrected chi connectivity index (χ3v) is 3.55. The first-order chi connectivity index (χ1) is 9.19. The van der Waals surface area contributed by atoms with E-state index >= 15 is 0 Å². The molecule has 0 aromatic heterocycles. The van der Waals surface area contributed by atoms with Crippen LogP contribution in [0.5, 0.6) is 5.75 Å². The van der Waals surface area contributed by atoms with Crippen LogP contribution >= 0.6 is 0 Å². The molecule has 1 aromatic rings. The van der Waals surface area contributed by atoms with Gasteiger partial charge in [0.2, 0.25) is 0 Å². The first-order valence-corrected chi connectivity index (χ1v) is 6.71. The topological polar surface area (TPSA) is 38.8 Å². The predicted octanol–water partition coefficient (Wildman–Crippen LogP) is 2.85. The van der Waals surface area contributed by atoms with Gasteiger partial charge in [-0.05, 0) is 37.8 Å². The summed E-state index contributed by atoms with van der Waals surface area (Å²) < 4.78 is 10.5. The van der Waals surface area contributed by atoms with Gasteiger partial charge in [-0.2, -0.15) is 0 Å². The van der Waals surface area contributed by atoms with Crippen LogP contribution in [0.2, 0.25) is 0 Å². The van der Waals surface area contributed by atoms with Crippen molar-refractivity contribution in [3.63, 3.8) is 0 Å². The van der Waals surface area contributed by atoms with E-state index in [9.17, 15) is 4.79 Å². The van der Waals surface area contributed by atoms with Crippen molar-refractivity contribution in [2.24, 2.45) is 5.92 Å². The van der Waals surface area contributed by atoms with Crippen LogP contribution in [0.3, 0.4) is 0 Å². The summed E-state index contributed by atoms with van der Waals surface area (Å²) in [7, 11) is 1.43. The molecule has 0 radical (unpaired) electrons. The fraction of sp³-hybridized carbons (Fsp3) is 0.533. The van der Waals surface area contributed by atoms with Crippen molar-refractivity contribution in [3.05, 3.63) is 29.8 Å². The second-order valence-electron chi connectivity index (χ2n) is 5.02. The number of carbonyl (C=O) groups excluding carboxylic acids is 1. The summed E-state index contributed by atoms with van der Waals surface area (Å²) in [6.07, 6.45) is 1.72. The molecule has 19 heavy (non-hydrogen) atoms. The first kappa shape index (κ1) is 13.7. The zero-order chi connectivity index (χ0) is 13.7. The van der Waals surface area contributed by atoms with E-state index in [1.54, 1.807) is 4.90 Å². The number of rotatable bonds is 3. The summed E-state index contributed by atoms with van der Waals surface area (Å²) in [5.74, 6) is 1.43. The number of ether oxygens (including phenoxy) is 2. The first-order valence-electron chi connectivity index (χ1n) is 6.71. The highest BCUT2D eigenvalue weighted by atomic mass is 16.5. The van der Waals surface area contributed by atoms with Gasteiger partial charge in [-0.15, -0.1) is 0 Å². The average Bonchev–Trinajstić information content (AvgIpc) is 2.46. The second-order valence-corrected chi connectivity index (χ2v) is 5.02. The van der Waals surface area contributed by atoms with Gasteiger partial charge in [0.15, 0.2) is 0 Å². The molecule has 4 nitrogen and oxygen atoms in total. The molecule has 0 bridgehead atoms. The minimum absolute atomic E-state index is 0.224. The summed E-state index contributed by atoms with van der Waals surface area (Å²) in [5.41, 5.74) is 1.23. The molecule has 0 saturated carbocycles. The second kappa shape index (κ2) is 6.45. The molecule has 0 spiro atoms. The number of amides is 1. The van der Waals surface area contributed by atoms with Gasteiger partial charge in [-0.1, -0.05) is 17.7 Å². The highest BCUT2D eigenvalue weighted by molar-refractivity contribution is 5.67. The molecular formula is C15H21NO3. The van der Waals surface area contributed by atoms with Crippen LogP contribution in [-0.4, -0.2) is 37.8 Å². The van der Waals surface area contributed by atoms with Gasteiger partial charge >= 0.3 is 6.09 Å². The minimum atomic E-state index is -0.224. The predicted molar refractivity (Wildman–Crippen MR) is 73.4 cm³/mol. The molecule has 1 saturated heterocycles. The van der Waals surface area contributed by atoms with Crippen molar-refractivity contribution >= 4 is 6.09 Å². The fourth-order valence-electron chi connectivity index (χ4n) is 2.26. The maximum absolute atomic E-state index is 11.4. The Balaban J connectivity index is 1.74. The SMILES string of the molecule is COC(=O)N1CCC(COc2ccc(C)cc2)CC1. The largest absolute Gasteiger partial charge is 0.493 e. The Hall–Kier alpha value is -1.71. The minimum Gasteiger partial charge on any atom is -0.493 e. The van der Waals surface area contributed by atoms with Crippen molar-refractivity contribution < 1.29 is 14.3 Å². The highest BCUT2D eigenvalue weighted by Gasteiger charge is 2.23. The number of methoxy groups -OCH3 is 1. The van der Waals surface area contributed by atoms with E-state index in [4.69, 9.17) is 9.47 Å². The zero-order valence-electron chi connectivity index (χ0n) is 11.6. The Morgan fingerprint density at radius 1 is 1.26 bits per heavy atom. The lowest BCUT2D eigenvalue weighted by molar-refractivity contribution is 0.0965.